The van der Waals surface area contributed by atoms with Crippen molar-refractivity contribution in [2.45, 2.75) is 18.4 Å². The quantitative estimate of drug-likeness (QED) is 0.790. The average molecular weight is 385 g/mol. The Kier molecular flexibility index (Phi) is 5.17. The van der Waals surface area contributed by atoms with Crippen molar-refractivity contribution in [2.24, 2.45) is 0 Å². The van der Waals surface area contributed by atoms with Gasteiger partial charge in [-0.15, -0.1) is 11.3 Å². The van der Waals surface area contributed by atoms with Crippen LogP contribution in [0.5, 0.6) is 0 Å². The fourth-order valence-electron chi connectivity index (χ4n) is 1.83. The molecule has 1 aromatic heterocycles. The van der Waals surface area contributed by atoms with Crippen molar-refractivity contribution in [1.82, 2.24) is 4.31 Å². The molecule has 0 unspecified atom stereocenters. The van der Waals surface area contributed by atoms with Gasteiger partial charge in [0.2, 0.25) is 10.0 Å². The molecule has 0 aliphatic heterocycles. The highest BCUT2D eigenvalue weighted by atomic mass is 79.9. The summed E-state index contributed by atoms with van der Waals surface area (Å²) >= 11 is 4.89. The van der Waals surface area contributed by atoms with Gasteiger partial charge in [0, 0.05) is 18.0 Å². The van der Waals surface area contributed by atoms with E-state index in [0.717, 1.165) is 8.66 Å². The molecular formula is C14H13BrN2O2S2. The molecule has 4 nitrogen and oxygen atoms in total. The minimum absolute atomic E-state index is 0.207. The summed E-state index contributed by atoms with van der Waals surface area (Å²) in [5, 5.41) is 8.77. The van der Waals surface area contributed by atoms with Gasteiger partial charge in [-0.1, -0.05) is 6.92 Å². The van der Waals surface area contributed by atoms with Gasteiger partial charge < -0.3 is 0 Å². The van der Waals surface area contributed by atoms with Crippen LogP contribution in [0.15, 0.2) is 45.1 Å². The fourth-order valence-corrected chi connectivity index (χ4v) is 4.84. The first-order valence-corrected chi connectivity index (χ1v) is 9.27. The lowest BCUT2D eigenvalue weighted by atomic mass is 10.2. The summed E-state index contributed by atoms with van der Waals surface area (Å²) < 4.78 is 27.6. The number of sulfonamides is 1. The zero-order chi connectivity index (χ0) is 15.5. The molecule has 0 bridgehead atoms. The molecule has 1 aromatic carbocycles. The monoisotopic (exact) mass is 384 g/mol. The second-order valence-electron chi connectivity index (χ2n) is 4.27. The average Bonchev–Trinajstić information content (AvgIpc) is 2.90. The Morgan fingerprint density at radius 3 is 2.38 bits per heavy atom. The fraction of sp³-hybridized carbons (Fsp3) is 0.214. The van der Waals surface area contributed by atoms with E-state index in [-0.39, 0.29) is 4.90 Å². The van der Waals surface area contributed by atoms with Crippen LogP contribution in [0.1, 0.15) is 17.4 Å². The van der Waals surface area contributed by atoms with E-state index in [0.29, 0.717) is 18.7 Å². The molecule has 0 saturated carbocycles. The second-order valence-corrected chi connectivity index (χ2v) is 8.76. The molecule has 0 spiro atoms. The van der Waals surface area contributed by atoms with Gasteiger partial charge in [0.05, 0.1) is 20.3 Å². The standard InChI is InChI=1S/C14H13BrN2O2S2/c1-2-17(10-12-5-8-14(15)20-12)21(18,19)13-6-3-11(9-16)4-7-13/h3-8H,2,10H2,1H3. The highest BCUT2D eigenvalue weighted by molar-refractivity contribution is 9.11. The molecule has 0 fully saturated rings. The predicted octanol–water partition coefficient (Wildman–Crippen LogP) is 3.59. The lowest BCUT2D eigenvalue weighted by Gasteiger charge is -2.19. The van der Waals surface area contributed by atoms with E-state index >= 15 is 0 Å². The smallest absolute Gasteiger partial charge is 0.207 e. The van der Waals surface area contributed by atoms with E-state index in [9.17, 15) is 8.42 Å². The number of hydrogen-bond donors (Lipinski definition) is 0. The number of benzene rings is 1. The van der Waals surface area contributed by atoms with Gasteiger partial charge in [0.15, 0.2) is 0 Å². The van der Waals surface area contributed by atoms with Crippen LogP contribution in [0.2, 0.25) is 0 Å². The van der Waals surface area contributed by atoms with E-state index in [4.69, 9.17) is 5.26 Å². The van der Waals surface area contributed by atoms with Crippen molar-refractivity contribution in [1.29, 1.82) is 5.26 Å². The highest BCUT2D eigenvalue weighted by Crippen LogP contribution is 2.25. The maximum Gasteiger partial charge on any atom is 0.243 e. The lowest BCUT2D eigenvalue weighted by Crippen LogP contribution is -2.30. The van der Waals surface area contributed by atoms with Gasteiger partial charge in [-0.2, -0.15) is 9.57 Å². The minimum atomic E-state index is -3.55. The van der Waals surface area contributed by atoms with Crippen LogP contribution in [-0.2, 0) is 16.6 Å². The molecule has 0 radical (unpaired) electrons. The number of nitrogens with zero attached hydrogens (tertiary/aromatic N) is 2. The van der Waals surface area contributed by atoms with Crippen molar-refractivity contribution in [3.8, 4) is 6.07 Å². The van der Waals surface area contributed by atoms with E-state index in [1.807, 2.05) is 25.1 Å². The largest absolute Gasteiger partial charge is 0.243 e. The molecule has 0 amide bonds. The van der Waals surface area contributed by atoms with E-state index in [1.165, 1.54) is 39.9 Å². The maximum atomic E-state index is 12.6. The summed E-state index contributed by atoms with van der Waals surface area (Å²) in [6.07, 6.45) is 0. The van der Waals surface area contributed by atoms with Crippen LogP contribution >= 0.6 is 27.3 Å². The summed E-state index contributed by atoms with van der Waals surface area (Å²) in [6.45, 7) is 2.54. The van der Waals surface area contributed by atoms with Gasteiger partial charge in [0.25, 0.3) is 0 Å². The third-order valence-corrected chi connectivity index (χ3v) is 6.48. The van der Waals surface area contributed by atoms with Crippen molar-refractivity contribution in [2.75, 3.05) is 6.54 Å². The van der Waals surface area contributed by atoms with E-state index in [1.54, 1.807) is 0 Å². The molecule has 1 heterocycles. The lowest BCUT2D eigenvalue weighted by molar-refractivity contribution is 0.426. The third kappa shape index (κ3) is 3.71. The number of rotatable bonds is 5. The van der Waals surface area contributed by atoms with Crippen molar-refractivity contribution < 1.29 is 8.42 Å². The van der Waals surface area contributed by atoms with Gasteiger partial charge in [-0.3, -0.25) is 0 Å². The van der Waals surface area contributed by atoms with Crippen LogP contribution < -0.4 is 0 Å². The first-order chi connectivity index (χ1) is 9.97. The molecule has 0 saturated heterocycles. The molecule has 2 aromatic rings. The van der Waals surface area contributed by atoms with Crippen molar-refractivity contribution >= 4 is 37.3 Å². The Morgan fingerprint density at radius 2 is 1.90 bits per heavy atom. The Hall–Kier alpha value is -1.20. The number of thiophene rings is 1. The molecule has 0 N–H and O–H groups in total. The maximum absolute atomic E-state index is 12.6. The topological polar surface area (TPSA) is 61.2 Å². The summed E-state index contributed by atoms with van der Waals surface area (Å²) in [4.78, 5) is 1.18. The summed E-state index contributed by atoms with van der Waals surface area (Å²) in [6, 6.07) is 11.8. The normalized spacial score (nSPS) is 11.5. The summed E-state index contributed by atoms with van der Waals surface area (Å²) in [5.41, 5.74) is 0.444. The Bertz CT molecular complexity index is 761. The first-order valence-electron chi connectivity index (χ1n) is 6.22. The van der Waals surface area contributed by atoms with Crippen molar-refractivity contribution in [3.05, 3.63) is 50.6 Å². The summed E-state index contributed by atoms with van der Waals surface area (Å²) in [7, 11) is -3.55. The minimum Gasteiger partial charge on any atom is -0.207 e. The second kappa shape index (κ2) is 6.71. The molecule has 7 heteroatoms. The number of nitriles is 1. The van der Waals surface area contributed by atoms with Crippen LogP contribution in [0.4, 0.5) is 0 Å². The molecule has 2 rings (SSSR count). The Labute approximate surface area is 136 Å². The van der Waals surface area contributed by atoms with Crippen LogP contribution in [0, 0.1) is 11.3 Å². The van der Waals surface area contributed by atoms with Crippen molar-refractivity contribution in [3.63, 3.8) is 0 Å². The van der Waals surface area contributed by atoms with Gasteiger partial charge in [-0.25, -0.2) is 8.42 Å². The third-order valence-electron chi connectivity index (χ3n) is 2.93. The van der Waals surface area contributed by atoms with Gasteiger partial charge in [-0.05, 0) is 52.3 Å². The van der Waals surface area contributed by atoms with Crippen LogP contribution in [-0.4, -0.2) is 19.3 Å². The zero-order valence-corrected chi connectivity index (χ0v) is 14.5. The van der Waals surface area contributed by atoms with Crippen LogP contribution in [0.25, 0.3) is 0 Å². The van der Waals surface area contributed by atoms with Crippen LogP contribution in [0.3, 0.4) is 0 Å². The molecule has 0 atom stereocenters. The summed E-state index contributed by atoms with van der Waals surface area (Å²) in [5.74, 6) is 0. The molecule has 0 aliphatic rings. The molecule has 21 heavy (non-hydrogen) atoms. The van der Waals surface area contributed by atoms with Gasteiger partial charge in [0.1, 0.15) is 0 Å². The van der Waals surface area contributed by atoms with E-state index in [2.05, 4.69) is 15.9 Å². The molecule has 110 valence electrons. The van der Waals surface area contributed by atoms with Gasteiger partial charge >= 0.3 is 0 Å². The van der Waals surface area contributed by atoms with E-state index < -0.39 is 10.0 Å². The Balaban J connectivity index is 2.28. The molecule has 0 aliphatic carbocycles. The highest BCUT2D eigenvalue weighted by Gasteiger charge is 2.23. The predicted molar refractivity (Wildman–Crippen MR) is 86.4 cm³/mol. The zero-order valence-electron chi connectivity index (χ0n) is 11.3. The number of hydrogen-bond acceptors (Lipinski definition) is 4. The first kappa shape index (κ1) is 16.2. The molecular weight excluding hydrogens is 372 g/mol. The number of halogens is 1. The SMILES string of the molecule is CCN(Cc1ccc(Br)s1)S(=O)(=O)c1ccc(C#N)cc1. The Morgan fingerprint density at radius 1 is 1.24 bits per heavy atom.